The molecule has 1 rings (SSSR count). The SMILES string of the molecule is CC(C)(C)OC(=O)CN1CCN(CC=O)CCN(CC(=O)OC(C)(C)C)CCN(CC(=O)OC(C)(C)C)CC1. The van der Waals surface area contributed by atoms with Crippen LogP contribution in [0.25, 0.3) is 0 Å². The number of ether oxygens (including phenoxy) is 3. The van der Waals surface area contributed by atoms with Gasteiger partial charge in [0.05, 0.1) is 26.2 Å². The van der Waals surface area contributed by atoms with E-state index in [4.69, 9.17) is 14.2 Å². The summed E-state index contributed by atoms with van der Waals surface area (Å²) in [5, 5.41) is 0. The highest BCUT2D eigenvalue weighted by molar-refractivity contribution is 5.73. The first-order valence-corrected chi connectivity index (χ1v) is 13.8. The Labute approximate surface area is 235 Å². The Morgan fingerprint density at radius 1 is 0.513 bits per heavy atom. The van der Waals surface area contributed by atoms with Crippen LogP contribution in [0.1, 0.15) is 62.3 Å². The third-order valence-electron chi connectivity index (χ3n) is 5.58. The van der Waals surface area contributed by atoms with Gasteiger partial charge in [-0.3, -0.25) is 34.0 Å². The van der Waals surface area contributed by atoms with Crippen LogP contribution < -0.4 is 0 Å². The van der Waals surface area contributed by atoms with E-state index in [-0.39, 0.29) is 44.1 Å². The molecule has 0 amide bonds. The van der Waals surface area contributed by atoms with Crippen LogP contribution in [0.2, 0.25) is 0 Å². The van der Waals surface area contributed by atoms with Crippen molar-refractivity contribution in [3.63, 3.8) is 0 Å². The fraction of sp³-hybridized carbons (Fsp3) is 0.857. The number of hydrogen-bond acceptors (Lipinski definition) is 11. The molecular weight excluding hydrogens is 504 g/mol. The van der Waals surface area contributed by atoms with E-state index in [1.807, 2.05) is 81.9 Å². The van der Waals surface area contributed by atoms with Crippen LogP contribution in [-0.4, -0.2) is 139 Å². The molecule has 0 aromatic carbocycles. The standard InChI is InChI=1S/C28H52N4O7/c1-26(2,3)37-23(34)20-30-12-10-29(18-19-33)11-13-31(21-24(35)38-27(4,5)6)15-17-32(16-14-30)22-25(36)39-28(7,8)9/h19H,10-18,20-22H2,1-9H3. The summed E-state index contributed by atoms with van der Waals surface area (Å²) in [4.78, 5) is 57.2. The molecule has 1 heterocycles. The second-order valence-electron chi connectivity index (χ2n) is 13.1. The van der Waals surface area contributed by atoms with Crippen molar-refractivity contribution in [2.45, 2.75) is 79.1 Å². The third kappa shape index (κ3) is 18.0. The van der Waals surface area contributed by atoms with Crippen LogP contribution in [0.4, 0.5) is 0 Å². The van der Waals surface area contributed by atoms with Crippen LogP contribution in [0, 0.1) is 0 Å². The lowest BCUT2D eigenvalue weighted by molar-refractivity contribution is -0.158. The molecule has 1 aliphatic rings. The van der Waals surface area contributed by atoms with E-state index in [0.29, 0.717) is 52.4 Å². The molecule has 0 N–H and O–H groups in total. The molecule has 0 unspecified atom stereocenters. The highest BCUT2D eigenvalue weighted by Gasteiger charge is 2.25. The molecule has 1 saturated heterocycles. The van der Waals surface area contributed by atoms with Crippen LogP contribution in [-0.2, 0) is 33.4 Å². The van der Waals surface area contributed by atoms with Gasteiger partial charge in [-0.25, -0.2) is 0 Å². The monoisotopic (exact) mass is 556 g/mol. The summed E-state index contributed by atoms with van der Waals surface area (Å²) in [6.45, 7) is 21.3. The van der Waals surface area contributed by atoms with E-state index in [2.05, 4.69) is 0 Å². The van der Waals surface area contributed by atoms with E-state index < -0.39 is 16.8 Å². The number of aldehydes is 1. The molecule has 11 heteroatoms. The number of carbonyl (C=O) groups is 4. The van der Waals surface area contributed by atoms with Crippen LogP contribution in [0.15, 0.2) is 0 Å². The Morgan fingerprint density at radius 2 is 0.744 bits per heavy atom. The molecule has 39 heavy (non-hydrogen) atoms. The zero-order valence-corrected chi connectivity index (χ0v) is 25.7. The summed E-state index contributed by atoms with van der Waals surface area (Å²) in [6, 6.07) is 0. The first kappa shape index (κ1) is 34.9. The summed E-state index contributed by atoms with van der Waals surface area (Å²) in [5.74, 6) is -0.971. The van der Waals surface area contributed by atoms with E-state index in [1.165, 1.54) is 0 Å². The molecule has 0 spiro atoms. The molecule has 1 fully saturated rings. The normalized spacial score (nSPS) is 18.5. The molecule has 1 aliphatic heterocycles. The second-order valence-corrected chi connectivity index (χ2v) is 13.1. The van der Waals surface area contributed by atoms with Gasteiger partial charge in [0.1, 0.15) is 23.1 Å². The number of hydrogen-bond donors (Lipinski definition) is 0. The second kappa shape index (κ2) is 15.6. The van der Waals surface area contributed by atoms with Gasteiger partial charge in [-0.2, -0.15) is 0 Å². The van der Waals surface area contributed by atoms with Crippen molar-refractivity contribution >= 4 is 24.2 Å². The molecule has 11 nitrogen and oxygen atoms in total. The lowest BCUT2D eigenvalue weighted by atomic mass is 10.2. The van der Waals surface area contributed by atoms with Crippen molar-refractivity contribution in [1.29, 1.82) is 0 Å². The van der Waals surface area contributed by atoms with Crippen LogP contribution in [0.5, 0.6) is 0 Å². The van der Waals surface area contributed by atoms with Gasteiger partial charge < -0.3 is 19.0 Å². The summed E-state index contributed by atoms with van der Waals surface area (Å²) < 4.78 is 16.6. The fourth-order valence-corrected chi connectivity index (χ4v) is 4.01. The topological polar surface area (TPSA) is 109 Å². The first-order chi connectivity index (χ1) is 17.8. The average Bonchev–Trinajstić information content (AvgIpc) is 2.71. The minimum atomic E-state index is -0.600. The molecule has 0 aromatic rings. The number of nitrogens with zero attached hydrogens (tertiary/aromatic N) is 4. The predicted molar refractivity (Wildman–Crippen MR) is 149 cm³/mol. The van der Waals surface area contributed by atoms with Gasteiger partial charge in [0.15, 0.2) is 0 Å². The third-order valence-corrected chi connectivity index (χ3v) is 5.58. The van der Waals surface area contributed by atoms with Crippen molar-refractivity contribution in [3.05, 3.63) is 0 Å². The maximum atomic E-state index is 12.7. The Bertz CT molecular complexity index is 753. The molecule has 0 aliphatic carbocycles. The molecule has 226 valence electrons. The summed E-state index contributed by atoms with van der Waals surface area (Å²) >= 11 is 0. The summed E-state index contributed by atoms with van der Waals surface area (Å²) in [7, 11) is 0. The van der Waals surface area contributed by atoms with Gasteiger partial charge in [-0.1, -0.05) is 0 Å². The summed E-state index contributed by atoms with van der Waals surface area (Å²) in [6.07, 6.45) is 0.866. The zero-order valence-electron chi connectivity index (χ0n) is 25.7. The molecule has 0 saturated carbocycles. The lowest BCUT2D eigenvalue weighted by Gasteiger charge is -2.34. The minimum Gasteiger partial charge on any atom is -0.459 e. The molecule has 0 aromatic heterocycles. The average molecular weight is 557 g/mol. The highest BCUT2D eigenvalue weighted by atomic mass is 16.6. The van der Waals surface area contributed by atoms with Gasteiger partial charge in [-0.05, 0) is 62.3 Å². The maximum absolute atomic E-state index is 12.7. The smallest absolute Gasteiger partial charge is 0.320 e. The van der Waals surface area contributed by atoms with Crippen molar-refractivity contribution < 1.29 is 33.4 Å². The molecule has 0 atom stereocenters. The van der Waals surface area contributed by atoms with Gasteiger partial charge in [-0.15, -0.1) is 0 Å². The number of carbonyl (C=O) groups excluding carboxylic acids is 4. The molecule has 0 bridgehead atoms. The van der Waals surface area contributed by atoms with Crippen molar-refractivity contribution in [2.24, 2.45) is 0 Å². The zero-order chi connectivity index (χ0) is 29.9. The first-order valence-electron chi connectivity index (χ1n) is 13.8. The largest absolute Gasteiger partial charge is 0.459 e. The van der Waals surface area contributed by atoms with Gasteiger partial charge in [0, 0.05) is 52.4 Å². The fourth-order valence-electron chi connectivity index (χ4n) is 4.01. The number of esters is 3. The lowest BCUT2D eigenvalue weighted by Crippen LogP contribution is -2.49. The van der Waals surface area contributed by atoms with Crippen molar-refractivity contribution in [3.8, 4) is 0 Å². The van der Waals surface area contributed by atoms with E-state index in [0.717, 1.165) is 6.29 Å². The number of rotatable bonds is 8. The Hall–Kier alpha value is -2.08. The van der Waals surface area contributed by atoms with Gasteiger partial charge >= 0.3 is 17.9 Å². The molecule has 0 radical (unpaired) electrons. The van der Waals surface area contributed by atoms with Crippen LogP contribution >= 0.6 is 0 Å². The quantitative estimate of drug-likeness (QED) is 0.246. The van der Waals surface area contributed by atoms with Gasteiger partial charge in [0.2, 0.25) is 0 Å². The minimum absolute atomic E-state index is 0.0924. The van der Waals surface area contributed by atoms with E-state index in [1.54, 1.807) is 0 Å². The Morgan fingerprint density at radius 3 is 0.949 bits per heavy atom. The predicted octanol–water partition coefficient (Wildman–Crippen LogP) is 1.43. The van der Waals surface area contributed by atoms with E-state index in [9.17, 15) is 19.2 Å². The van der Waals surface area contributed by atoms with Crippen molar-refractivity contribution in [1.82, 2.24) is 19.6 Å². The van der Waals surface area contributed by atoms with Gasteiger partial charge in [0.25, 0.3) is 0 Å². The van der Waals surface area contributed by atoms with Crippen LogP contribution in [0.3, 0.4) is 0 Å². The highest BCUT2D eigenvalue weighted by Crippen LogP contribution is 2.11. The Balaban J connectivity index is 3.08. The van der Waals surface area contributed by atoms with E-state index >= 15 is 0 Å². The molecular formula is C28H52N4O7. The summed E-state index contributed by atoms with van der Waals surface area (Å²) in [5.41, 5.74) is -1.78. The van der Waals surface area contributed by atoms with Crippen molar-refractivity contribution in [2.75, 3.05) is 78.5 Å². The Kier molecular flexibility index (Phi) is 14.0. The maximum Gasteiger partial charge on any atom is 0.320 e.